The lowest BCUT2D eigenvalue weighted by atomic mass is 9.84. The van der Waals surface area contributed by atoms with Crippen LogP contribution in [0, 0.1) is 17.2 Å². The highest BCUT2D eigenvalue weighted by molar-refractivity contribution is 6.69. The molecule has 1 rings (SSSR count). The molecule has 1 aliphatic rings. The van der Waals surface area contributed by atoms with E-state index in [1.807, 2.05) is 20.8 Å². The second-order valence-electron chi connectivity index (χ2n) is 8.77. The summed E-state index contributed by atoms with van der Waals surface area (Å²) in [4.78, 5) is 12.2. The van der Waals surface area contributed by atoms with Gasteiger partial charge in [-0.3, -0.25) is 0 Å². The van der Waals surface area contributed by atoms with Crippen molar-refractivity contribution < 1.29 is 14.0 Å². The molecule has 24 heavy (non-hydrogen) atoms. The van der Waals surface area contributed by atoms with Gasteiger partial charge >= 0.3 is 6.09 Å². The summed E-state index contributed by atoms with van der Waals surface area (Å²) >= 11 is 0. The second kappa shape index (κ2) is 8.86. The molecule has 0 heterocycles. The largest absolute Gasteiger partial charge is 0.444 e. The smallest absolute Gasteiger partial charge is 0.407 e. The van der Waals surface area contributed by atoms with Crippen LogP contribution in [0.2, 0.25) is 19.6 Å². The lowest BCUT2D eigenvalue weighted by molar-refractivity contribution is 0.0448. The third-order valence-corrected chi connectivity index (χ3v) is 4.95. The molecule has 0 bridgehead atoms. The molecule has 0 radical (unpaired) electrons. The van der Waals surface area contributed by atoms with Crippen molar-refractivity contribution in [1.82, 2.24) is 5.32 Å². The summed E-state index contributed by atoms with van der Waals surface area (Å²) in [6.07, 6.45) is 5.77. The standard InChI is InChI=1S/C18H34N2O3Si/c1-18(2,3)22-17(21)20-15(12-14-10-8-7-9-11-14)16(13-19)23-24(4,5)6/h14-16H,7-12H2,1-6H3,(H,20,21). The van der Waals surface area contributed by atoms with Crippen molar-refractivity contribution in [2.24, 2.45) is 5.92 Å². The van der Waals surface area contributed by atoms with Gasteiger partial charge in [0, 0.05) is 0 Å². The minimum atomic E-state index is -1.88. The number of nitriles is 1. The molecule has 1 aliphatic carbocycles. The number of amides is 1. The van der Waals surface area contributed by atoms with Gasteiger partial charge in [-0.05, 0) is 52.8 Å². The molecule has 138 valence electrons. The Labute approximate surface area is 148 Å². The fraction of sp³-hybridized carbons (Fsp3) is 0.889. The number of ether oxygens (including phenoxy) is 1. The Morgan fingerprint density at radius 2 is 1.83 bits per heavy atom. The number of nitrogens with one attached hydrogen (secondary N) is 1. The highest BCUT2D eigenvalue weighted by Crippen LogP contribution is 2.29. The summed E-state index contributed by atoms with van der Waals surface area (Å²) in [5.41, 5.74) is -0.554. The summed E-state index contributed by atoms with van der Waals surface area (Å²) < 4.78 is 11.4. The molecule has 1 saturated carbocycles. The first-order valence-electron chi connectivity index (χ1n) is 9.07. The maximum Gasteiger partial charge on any atom is 0.407 e. The number of hydrogen-bond acceptors (Lipinski definition) is 4. The molecule has 0 spiro atoms. The monoisotopic (exact) mass is 354 g/mol. The molecule has 0 aromatic carbocycles. The van der Waals surface area contributed by atoms with Crippen LogP contribution in [0.3, 0.4) is 0 Å². The van der Waals surface area contributed by atoms with Crippen LogP contribution in [0.15, 0.2) is 0 Å². The van der Waals surface area contributed by atoms with Crippen LogP contribution in [0.25, 0.3) is 0 Å². The third kappa shape index (κ3) is 8.70. The molecule has 1 N–H and O–H groups in total. The van der Waals surface area contributed by atoms with Gasteiger partial charge in [-0.15, -0.1) is 0 Å². The summed E-state index contributed by atoms with van der Waals surface area (Å²) in [5, 5.41) is 12.5. The molecule has 1 fully saturated rings. The summed E-state index contributed by atoms with van der Waals surface area (Å²) in [7, 11) is -1.88. The van der Waals surface area contributed by atoms with Crippen LogP contribution in [-0.2, 0) is 9.16 Å². The number of hydrogen-bond donors (Lipinski definition) is 1. The van der Waals surface area contributed by atoms with E-state index in [9.17, 15) is 10.1 Å². The van der Waals surface area contributed by atoms with Crippen molar-refractivity contribution in [1.29, 1.82) is 5.26 Å². The van der Waals surface area contributed by atoms with E-state index in [0.717, 1.165) is 19.3 Å². The Morgan fingerprint density at radius 1 is 1.25 bits per heavy atom. The van der Waals surface area contributed by atoms with Crippen LogP contribution >= 0.6 is 0 Å². The third-order valence-electron chi connectivity index (χ3n) is 3.99. The van der Waals surface area contributed by atoms with Crippen molar-refractivity contribution >= 4 is 14.4 Å². The first kappa shape index (κ1) is 21.0. The summed E-state index contributed by atoms with van der Waals surface area (Å²) in [6.45, 7) is 11.7. The molecule has 6 heteroatoms. The molecule has 2 atom stereocenters. The number of carbonyl (C=O) groups excluding carboxylic acids is 1. The zero-order valence-electron chi connectivity index (χ0n) is 16.1. The molecule has 5 nitrogen and oxygen atoms in total. The van der Waals surface area contributed by atoms with E-state index in [-0.39, 0.29) is 6.04 Å². The van der Waals surface area contributed by atoms with Crippen molar-refractivity contribution in [3.63, 3.8) is 0 Å². The van der Waals surface area contributed by atoms with Gasteiger partial charge in [-0.2, -0.15) is 5.26 Å². The average Bonchev–Trinajstić information content (AvgIpc) is 2.42. The van der Waals surface area contributed by atoms with Crippen molar-refractivity contribution in [2.45, 2.75) is 96.7 Å². The topological polar surface area (TPSA) is 71.3 Å². The fourth-order valence-corrected chi connectivity index (χ4v) is 4.06. The van der Waals surface area contributed by atoms with Gasteiger partial charge < -0.3 is 14.5 Å². The van der Waals surface area contributed by atoms with Crippen LogP contribution in [-0.4, -0.2) is 32.2 Å². The van der Waals surface area contributed by atoms with Crippen molar-refractivity contribution in [3.05, 3.63) is 0 Å². The average molecular weight is 355 g/mol. The van der Waals surface area contributed by atoms with E-state index in [2.05, 4.69) is 31.0 Å². The molecule has 0 aromatic rings. The van der Waals surface area contributed by atoms with Crippen LogP contribution < -0.4 is 5.32 Å². The first-order valence-corrected chi connectivity index (χ1v) is 12.5. The minimum Gasteiger partial charge on any atom is -0.444 e. The molecular weight excluding hydrogens is 320 g/mol. The number of carbonyl (C=O) groups is 1. The minimum absolute atomic E-state index is 0.320. The quantitative estimate of drug-likeness (QED) is 0.708. The maximum atomic E-state index is 12.2. The van der Waals surface area contributed by atoms with Crippen LogP contribution in [0.4, 0.5) is 4.79 Å². The van der Waals surface area contributed by atoms with E-state index in [4.69, 9.17) is 9.16 Å². The van der Waals surface area contributed by atoms with Gasteiger partial charge in [0.2, 0.25) is 0 Å². The lowest BCUT2D eigenvalue weighted by Crippen LogP contribution is -2.49. The Hall–Kier alpha value is -1.06. The fourth-order valence-electron chi connectivity index (χ4n) is 3.08. The predicted molar refractivity (Wildman–Crippen MR) is 98.2 cm³/mol. The van der Waals surface area contributed by atoms with Crippen molar-refractivity contribution in [2.75, 3.05) is 0 Å². The molecule has 0 aromatic heterocycles. The van der Waals surface area contributed by atoms with Crippen LogP contribution in [0.5, 0.6) is 0 Å². The Bertz CT molecular complexity index is 443. The zero-order chi connectivity index (χ0) is 18.4. The number of rotatable bonds is 6. The van der Waals surface area contributed by atoms with E-state index in [1.54, 1.807) is 0 Å². The molecule has 1 amide bonds. The predicted octanol–water partition coefficient (Wildman–Crippen LogP) is 4.59. The van der Waals surface area contributed by atoms with Gasteiger partial charge in [-0.1, -0.05) is 32.1 Å². The highest BCUT2D eigenvalue weighted by atomic mass is 28.4. The van der Waals surface area contributed by atoms with E-state index in [1.165, 1.54) is 19.3 Å². The summed E-state index contributed by atoms with van der Waals surface area (Å²) in [5.74, 6) is 0.541. The van der Waals surface area contributed by atoms with Crippen molar-refractivity contribution in [3.8, 4) is 6.07 Å². The molecule has 2 unspecified atom stereocenters. The summed E-state index contributed by atoms with van der Waals surface area (Å²) in [6, 6.07) is 1.94. The van der Waals surface area contributed by atoms with Gasteiger partial charge in [0.15, 0.2) is 14.4 Å². The molecular formula is C18H34N2O3Si. The SMILES string of the molecule is CC(C)(C)OC(=O)NC(CC1CCCCC1)C(C#N)O[Si](C)(C)C. The Kier molecular flexibility index (Phi) is 7.75. The van der Waals surface area contributed by atoms with Gasteiger partial charge in [0.25, 0.3) is 0 Å². The van der Waals surface area contributed by atoms with Gasteiger partial charge in [0.1, 0.15) is 5.60 Å². The van der Waals surface area contributed by atoms with Crippen LogP contribution in [0.1, 0.15) is 59.3 Å². The lowest BCUT2D eigenvalue weighted by Gasteiger charge is -2.33. The first-order chi connectivity index (χ1) is 11.0. The molecule has 0 saturated heterocycles. The molecule has 0 aliphatic heterocycles. The van der Waals surface area contributed by atoms with E-state index >= 15 is 0 Å². The van der Waals surface area contributed by atoms with Gasteiger partial charge in [-0.25, -0.2) is 4.79 Å². The maximum absolute atomic E-state index is 12.2. The normalized spacial score (nSPS) is 19.2. The zero-order valence-corrected chi connectivity index (χ0v) is 17.1. The van der Waals surface area contributed by atoms with E-state index < -0.39 is 26.1 Å². The Morgan fingerprint density at radius 3 is 2.29 bits per heavy atom. The number of nitrogens with zero attached hydrogens (tertiary/aromatic N) is 1. The van der Waals surface area contributed by atoms with E-state index in [0.29, 0.717) is 5.92 Å². The van der Waals surface area contributed by atoms with Gasteiger partial charge in [0.05, 0.1) is 12.1 Å². The highest BCUT2D eigenvalue weighted by Gasteiger charge is 2.32. The number of alkyl carbamates (subject to hydrolysis) is 1. The second-order valence-corrected chi connectivity index (χ2v) is 13.2. The Balaban J connectivity index is 2.80.